The predicted octanol–water partition coefficient (Wildman–Crippen LogP) is -0.645. The Morgan fingerprint density at radius 1 is 1.57 bits per heavy atom. The number of β-amino-alcohol motifs (C(OH)–C–C–N with tert-alkyl or cyclic N) is 1. The first kappa shape index (κ1) is 10.9. The summed E-state index contributed by atoms with van der Waals surface area (Å²) >= 11 is 0. The predicted molar refractivity (Wildman–Crippen MR) is 48.3 cm³/mol. The fourth-order valence-electron chi connectivity index (χ4n) is 1.15. The number of ether oxygens (including phenoxy) is 1. The SMILES string of the molecule is C=C(C)C(=O)OC(=O)[C@@H]1C[C@H](O)CN1. The van der Waals surface area contributed by atoms with Gasteiger partial charge in [-0.3, -0.25) is 0 Å². The van der Waals surface area contributed by atoms with Crippen LogP contribution in [-0.4, -0.2) is 35.7 Å². The first-order chi connectivity index (χ1) is 6.50. The van der Waals surface area contributed by atoms with Crippen LogP contribution in [0.5, 0.6) is 0 Å². The van der Waals surface area contributed by atoms with Crippen LogP contribution in [0.15, 0.2) is 12.2 Å². The van der Waals surface area contributed by atoms with Gasteiger partial charge in [-0.25, -0.2) is 9.59 Å². The smallest absolute Gasteiger partial charge is 0.340 e. The van der Waals surface area contributed by atoms with E-state index in [1.54, 1.807) is 0 Å². The molecule has 1 fully saturated rings. The Morgan fingerprint density at radius 3 is 2.64 bits per heavy atom. The van der Waals surface area contributed by atoms with Crippen LogP contribution in [0.2, 0.25) is 0 Å². The number of nitrogens with one attached hydrogen (secondary N) is 1. The largest absolute Gasteiger partial charge is 0.392 e. The molecule has 0 radical (unpaired) electrons. The molecule has 5 heteroatoms. The van der Waals surface area contributed by atoms with Gasteiger partial charge in [-0.1, -0.05) is 6.58 Å². The molecule has 1 aliphatic heterocycles. The van der Waals surface area contributed by atoms with Crippen molar-refractivity contribution < 1.29 is 19.4 Å². The third-order valence-electron chi connectivity index (χ3n) is 1.93. The van der Waals surface area contributed by atoms with Crippen LogP contribution in [0.25, 0.3) is 0 Å². The van der Waals surface area contributed by atoms with E-state index in [1.807, 2.05) is 0 Å². The summed E-state index contributed by atoms with van der Waals surface area (Å²) in [4.78, 5) is 22.2. The van der Waals surface area contributed by atoms with E-state index in [4.69, 9.17) is 5.11 Å². The zero-order valence-corrected chi connectivity index (χ0v) is 7.95. The number of rotatable bonds is 2. The number of aliphatic hydroxyl groups is 1. The van der Waals surface area contributed by atoms with Gasteiger partial charge in [0.1, 0.15) is 6.04 Å². The van der Waals surface area contributed by atoms with Crippen molar-refractivity contribution in [3.63, 3.8) is 0 Å². The molecule has 1 rings (SSSR count). The van der Waals surface area contributed by atoms with Gasteiger partial charge in [0.15, 0.2) is 0 Å². The highest BCUT2D eigenvalue weighted by Gasteiger charge is 2.30. The van der Waals surface area contributed by atoms with Crippen molar-refractivity contribution in [2.75, 3.05) is 6.54 Å². The first-order valence-electron chi connectivity index (χ1n) is 4.33. The highest BCUT2D eigenvalue weighted by atomic mass is 16.6. The second-order valence-corrected chi connectivity index (χ2v) is 3.34. The van der Waals surface area contributed by atoms with Crippen molar-refractivity contribution in [3.05, 3.63) is 12.2 Å². The zero-order valence-electron chi connectivity index (χ0n) is 7.95. The molecule has 5 nitrogen and oxygen atoms in total. The van der Waals surface area contributed by atoms with E-state index in [2.05, 4.69) is 16.6 Å². The van der Waals surface area contributed by atoms with Gasteiger partial charge in [-0.15, -0.1) is 0 Å². The fraction of sp³-hybridized carbons (Fsp3) is 0.556. The molecule has 0 aromatic rings. The Balaban J connectivity index is 2.43. The van der Waals surface area contributed by atoms with Crippen molar-refractivity contribution in [1.29, 1.82) is 0 Å². The molecule has 0 spiro atoms. The Morgan fingerprint density at radius 2 is 2.21 bits per heavy atom. The summed E-state index contributed by atoms with van der Waals surface area (Å²) < 4.78 is 4.49. The monoisotopic (exact) mass is 199 g/mol. The van der Waals surface area contributed by atoms with E-state index in [0.29, 0.717) is 6.54 Å². The van der Waals surface area contributed by atoms with Crippen LogP contribution in [0.3, 0.4) is 0 Å². The van der Waals surface area contributed by atoms with Crippen molar-refractivity contribution in [2.45, 2.75) is 25.5 Å². The molecule has 0 bridgehead atoms. The van der Waals surface area contributed by atoms with Crippen molar-refractivity contribution in [2.24, 2.45) is 0 Å². The van der Waals surface area contributed by atoms with Gasteiger partial charge in [-0.2, -0.15) is 0 Å². The van der Waals surface area contributed by atoms with Crippen LogP contribution in [0.4, 0.5) is 0 Å². The molecule has 0 aromatic carbocycles. The third kappa shape index (κ3) is 2.65. The molecule has 14 heavy (non-hydrogen) atoms. The van der Waals surface area contributed by atoms with E-state index >= 15 is 0 Å². The van der Waals surface area contributed by atoms with E-state index in [-0.39, 0.29) is 12.0 Å². The average molecular weight is 199 g/mol. The highest BCUT2D eigenvalue weighted by Crippen LogP contribution is 2.08. The Hall–Kier alpha value is -1.20. The van der Waals surface area contributed by atoms with Crippen LogP contribution in [-0.2, 0) is 14.3 Å². The minimum atomic E-state index is -0.724. The average Bonchev–Trinajstić information content (AvgIpc) is 2.51. The minimum absolute atomic E-state index is 0.178. The lowest BCUT2D eigenvalue weighted by Gasteiger charge is -2.07. The van der Waals surface area contributed by atoms with Gasteiger partial charge in [-0.05, 0) is 6.92 Å². The van der Waals surface area contributed by atoms with Gasteiger partial charge < -0.3 is 15.2 Å². The van der Waals surface area contributed by atoms with E-state index in [0.717, 1.165) is 0 Å². The third-order valence-corrected chi connectivity index (χ3v) is 1.93. The molecule has 1 saturated heterocycles. The Kier molecular flexibility index (Phi) is 3.38. The topological polar surface area (TPSA) is 75.6 Å². The summed E-state index contributed by atoms with van der Waals surface area (Å²) in [5.74, 6) is -1.38. The number of hydrogen-bond donors (Lipinski definition) is 2. The maximum absolute atomic E-state index is 11.2. The first-order valence-corrected chi connectivity index (χ1v) is 4.33. The number of aliphatic hydroxyl groups excluding tert-OH is 1. The lowest BCUT2D eigenvalue weighted by molar-refractivity contribution is -0.158. The summed E-state index contributed by atoms with van der Waals surface area (Å²) in [6, 6.07) is -0.590. The molecule has 0 amide bonds. The lowest BCUT2D eigenvalue weighted by atomic mass is 10.2. The fourth-order valence-corrected chi connectivity index (χ4v) is 1.15. The molecule has 1 heterocycles. The van der Waals surface area contributed by atoms with E-state index in [9.17, 15) is 9.59 Å². The van der Waals surface area contributed by atoms with Crippen LogP contribution in [0.1, 0.15) is 13.3 Å². The summed E-state index contributed by atoms with van der Waals surface area (Å²) in [7, 11) is 0. The molecular formula is C9H13NO4. The normalized spacial score (nSPS) is 25.9. The molecule has 0 aromatic heterocycles. The molecule has 0 aliphatic carbocycles. The number of hydrogen-bond acceptors (Lipinski definition) is 5. The summed E-state index contributed by atoms with van der Waals surface area (Å²) in [5.41, 5.74) is 0.178. The van der Waals surface area contributed by atoms with Crippen LogP contribution in [0, 0.1) is 0 Å². The van der Waals surface area contributed by atoms with Gasteiger partial charge in [0.05, 0.1) is 6.10 Å². The molecule has 0 saturated carbocycles. The zero-order chi connectivity index (χ0) is 10.7. The quantitative estimate of drug-likeness (QED) is 0.351. The van der Waals surface area contributed by atoms with Crippen LogP contribution < -0.4 is 5.32 Å². The maximum atomic E-state index is 11.2. The van der Waals surface area contributed by atoms with Gasteiger partial charge in [0.25, 0.3) is 0 Å². The molecule has 78 valence electrons. The highest BCUT2D eigenvalue weighted by molar-refractivity contribution is 5.96. The summed E-state index contributed by atoms with van der Waals surface area (Å²) in [6.07, 6.45) is -0.269. The Labute approximate surface area is 81.7 Å². The summed E-state index contributed by atoms with van der Waals surface area (Å²) in [6.45, 7) is 5.17. The number of carbonyl (C=O) groups excluding carboxylic acids is 2. The van der Waals surface area contributed by atoms with E-state index in [1.165, 1.54) is 6.92 Å². The van der Waals surface area contributed by atoms with E-state index < -0.39 is 24.1 Å². The molecule has 2 atom stereocenters. The van der Waals surface area contributed by atoms with Crippen molar-refractivity contribution >= 4 is 11.9 Å². The van der Waals surface area contributed by atoms with Gasteiger partial charge in [0, 0.05) is 18.5 Å². The van der Waals surface area contributed by atoms with Crippen LogP contribution >= 0.6 is 0 Å². The van der Waals surface area contributed by atoms with Crippen molar-refractivity contribution in [1.82, 2.24) is 5.32 Å². The molecule has 0 unspecified atom stereocenters. The number of esters is 2. The summed E-state index contributed by atoms with van der Waals surface area (Å²) in [5, 5.41) is 11.9. The standard InChI is InChI=1S/C9H13NO4/c1-5(2)8(12)14-9(13)7-3-6(11)4-10-7/h6-7,10-11H,1,3-4H2,2H3/t6-,7-/m0/s1. The van der Waals surface area contributed by atoms with Gasteiger partial charge >= 0.3 is 11.9 Å². The lowest BCUT2D eigenvalue weighted by Crippen LogP contribution is -2.33. The second-order valence-electron chi connectivity index (χ2n) is 3.34. The maximum Gasteiger partial charge on any atom is 0.340 e. The minimum Gasteiger partial charge on any atom is -0.392 e. The molecular weight excluding hydrogens is 186 g/mol. The molecule has 2 N–H and O–H groups in total. The van der Waals surface area contributed by atoms with Crippen molar-refractivity contribution in [3.8, 4) is 0 Å². The number of carbonyl (C=O) groups is 2. The second kappa shape index (κ2) is 4.34. The Bertz CT molecular complexity index is 274. The molecule has 1 aliphatic rings. The van der Waals surface area contributed by atoms with Gasteiger partial charge in [0.2, 0.25) is 0 Å².